The Labute approximate surface area is 198 Å². The summed E-state index contributed by atoms with van der Waals surface area (Å²) < 4.78 is 11.1. The molecule has 2 atom stereocenters. The van der Waals surface area contributed by atoms with Crippen LogP contribution in [0, 0.1) is 5.92 Å². The van der Waals surface area contributed by atoms with Crippen LogP contribution < -0.4 is 10.6 Å². The Hall–Kier alpha value is -3.39. The summed E-state index contributed by atoms with van der Waals surface area (Å²) in [6, 6.07) is 16.3. The molecule has 2 aromatic carbocycles. The van der Waals surface area contributed by atoms with E-state index < -0.39 is 18.2 Å². The van der Waals surface area contributed by atoms with Crippen molar-refractivity contribution in [1.82, 2.24) is 10.6 Å². The number of carbonyl (C=O) groups is 3. The predicted molar refractivity (Wildman–Crippen MR) is 125 cm³/mol. The minimum Gasteiger partial charge on any atom is -0.481 e. The van der Waals surface area contributed by atoms with Gasteiger partial charge >= 0.3 is 12.1 Å². The van der Waals surface area contributed by atoms with Crippen molar-refractivity contribution >= 4 is 18.0 Å². The average molecular weight is 467 g/mol. The molecule has 1 saturated heterocycles. The molecule has 3 N–H and O–H groups in total. The smallest absolute Gasteiger partial charge is 0.407 e. The van der Waals surface area contributed by atoms with Gasteiger partial charge in [0.05, 0.1) is 0 Å². The number of rotatable bonds is 10. The Bertz CT molecular complexity index is 994. The minimum atomic E-state index is -0.843. The maximum Gasteiger partial charge on any atom is 0.407 e. The molecule has 34 heavy (non-hydrogen) atoms. The number of hydrogen-bond acceptors (Lipinski definition) is 5. The van der Waals surface area contributed by atoms with E-state index in [0.29, 0.717) is 32.4 Å². The molecule has 0 unspecified atom stereocenters. The lowest BCUT2D eigenvalue weighted by molar-refractivity contribution is -0.137. The summed E-state index contributed by atoms with van der Waals surface area (Å²) in [5.41, 5.74) is 4.65. The van der Waals surface area contributed by atoms with Gasteiger partial charge in [0, 0.05) is 38.0 Å². The van der Waals surface area contributed by atoms with Crippen molar-refractivity contribution in [1.29, 1.82) is 0 Å². The Kier molecular flexibility index (Phi) is 7.80. The summed E-state index contributed by atoms with van der Waals surface area (Å²) in [4.78, 5) is 35.4. The summed E-state index contributed by atoms with van der Waals surface area (Å²) >= 11 is 0. The number of carboxylic acid groups (broad SMARTS) is 1. The van der Waals surface area contributed by atoms with Crippen molar-refractivity contribution in [2.24, 2.45) is 5.92 Å². The number of carbonyl (C=O) groups excluding carboxylic acids is 2. The number of benzene rings is 2. The van der Waals surface area contributed by atoms with E-state index in [1.165, 1.54) is 11.1 Å². The van der Waals surface area contributed by atoms with Crippen LogP contribution in [0.3, 0.4) is 0 Å². The van der Waals surface area contributed by atoms with Crippen molar-refractivity contribution in [3.8, 4) is 11.1 Å². The summed E-state index contributed by atoms with van der Waals surface area (Å²) in [5.74, 6) is -1.22. The van der Waals surface area contributed by atoms with E-state index in [2.05, 4.69) is 34.9 Å². The number of unbranched alkanes of at least 4 members (excludes halogenated alkanes) is 1. The third-order valence-electron chi connectivity index (χ3n) is 6.44. The monoisotopic (exact) mass is 466 g/mol. The maximum atomic E-state index is 12.4. The van der Waals surface area contributed by atoms with Gasteiger partial charge in [-0.2, -0.15) is 0 Å². The second-order valence-electron chi connectivity index (χ2n) is 8.69. The SMILES string of the molecule is O=C(O)CCCCNC(=O)[C@H]1OCC[C@H]1CNC(=O)OCC1c2ccccc2-c2ccccc21. The van der Waals surface area contributed by atoms with Gasteiger partial charge < -0.3 is 25.2 Å². The molecule has 1 aliphatic heterocycles. The first-order valence-corrected chi connectivity index (χ1v) is 11.7. The molecule has 0 saturated carbocycles. The first kappa shape index (κ1) is 23.8. The lowest BCUT2D eigenvalue weighted by Gasteiger charge is -2.19. The van der Waals surface area contributed by atoms with Crippen LogP contribution in [0.4, 0.5) is 4.79 Å². The van der Waals surface area contributed by atoms with Crippen LogP contribution in [0.15, 0.2) is 48.5 Å². The van der Waals surface area contributed by atoms with E-state index in [1.807, 2.05) is 24.3 Å². The molecule has 1 heterocycles. The van der Waals surface area contributed by atoms with Gasteiger partial charge in [0.15, 0.2) is 0 Å². The van der Waals surface area contributed by atoms with Crippen LogP contribution in [0.2, 0.25) is 0 Å². The summed E-state index contributed by atoms with van der Waals surface area (Å²) in [6.45, 7) is 1.38. The average Bonchev–Trinajstić information content (AvgIpc) is 3.44. The van der Waals surface area contributed by atoms with Gasteiger partial charge in [-0.25, -0.2) is 4.79 Å². The van der Waals surface area contributed by atoms with Gasteiger partial charge in [0.25, 0.3) is 0 Å². The number of hydrogen-bond donors (Lipinski definition) is 3. The zero-order chi connectivity index (χ0) is 23.9. The third kappa shape index (κ3) is 5.56. The van der Waals surface area contributed by atoms with Crippen LogP contribution in [0.5, 0.6) is 0 Å². The van der Waals surface area contributed by atoms with E-state index >= 15 is 0 Å². The topological polar surface area (TPSA) is 114 Å². The zero-order valence-corrected chi connectivity index (χ0v) is 19.0. The van der Waals surface area contributed by atoms with Gasteiger partial charge in [-0.1, -0.05) is 48.5 Å². The number of amides is 2. The van der Waals surface area contributed by atoms with E-state index in [4.69, 9.17) is 14.6 Å². The van der Waals surface area contributed by atoms with Crippen molar-refractivity contribution < 1.29 is 29.0 Å². The molecular weight excluding hydrogens is 436 g/mol. The number of ether oxygens (including phenoxy) is 2. The first-order chi connectivity index (χ1) is 16.5. The maximum absolute atomic E-state index is 12.4. The minimum absolute atomic E-state index is 0.00684. The van der Waals surface area contributed by atoms with Crippen LogP contribution in [-0.2, 0) is 19.1 Å². The number of aliphatic carboxylic acids is 1. The Morgan fingerprint density at radius 2 is 1.65 bits per heavy atom. The summed E-state index contributed by atoms with van der Waals surface area (Å²) in [6.07, 6.45) is 0.708. The Morgan fingerprint density at radius 3 is 2.32 bits per heavy atom. The van der Waals surface area contributed by atoms with Gasteiger partial charge in [0.2, 0.25) is 5.91 Å². The van der Waals surface area contributed by atoms with Gasteiger partial charge in [-0.3, -0.25) is 9.59 Å². The van der Waals surface area contributed by atoms with E-state index in [9.17, 15) is 14.4 Å². The Balaban J connectivity index is 1.23. The van der Waals surface area contributed by atoms with Crippen LogP contribution >= 0.6 is 0 Å². The third-order valence-corrected chi connectivity index (χ3v) is 6.44. The molecule has 2 aromatic rings. The van der Waals surface area contributed by atoms with E-state index in [-0.39, 0.29) is 37.3 Å². The zero-order valence-electron chi connectivity index (χ0n) is 19.0. The van der Waals surface area contributed by atoms with Crippen molar-refractivity contribution in [2.45, 2.75) is 37.7 Å². The summed E-state index contributed by atoms with van der Waals surface area (Å²) in [5, 5.41) is 14.2. The molecular formula is C26H30N2O6. The second kappa shape index (κ2) is 11.2. The molecule has 0 spiro atoms. The van der Waals surface area contributed by atoms with Crippen LogP contribution in [-0.4, -0.2) is 55.5 Å². The summed E-state index contributed by atoms with van der Waals surface area (Å²) in [7, 11) is 0. The molecule has 0 bridgehead atoms. The van der Waals surface area contributed by atoms with E-state index in [0.717, 1.165) is 11.1 Å². The molecule has 4 rings (SSSR count). The molecule has 2 aliphatic rings. The highest BCUT2D eigenvalue weighted by Gasteiger charge is 2.34. The molecule has 0 radical (unpaired) electrons. The molecule has 8 nitrogen and oxygen atoms in total. The lowest BCUT2D eigenvalue weighted by Crippen LogP contribution is -2.42. The highest BCUT2D eigenvalue weighted by Crippen LogP contribution is 2.44. The van der Waals surface area contributed by atoms with Crippen molar-refractivity contribution in [3.05, 3.63) is 59.7 Å². The molecule has 8 heteroatoms. The number of fused-ring (bicyclic) bond motifs is 3. The van der Waals surface area contributed by atoms with Gasteiger partial charge in [0.1, 0.15) is 12.7 Å². The fraction of sp³-hybridized carbons (Fsp3) is 0.423. The van der Waals surface area contributed by atoms with Crippen molar-refractivity contribution in [3.63, 3.8) is 0 Å². The fourth-order valence-corrected chi connectivity index (χ4v) is 4.71. The molecule has 2 amide bonds. The predicted octanol–water partition coefficient (Wildman–Crippen LogP) is 3.30. The largest absolute Gasteiger partial charge is 0.481 e. The highest BCUT2D eigenvalue weighted by molar-refractivity contribution is 5.81. The molecule has 180 valence electrons. The molecule has 1 aliphatic carbocycles. The van der Waals surface area contributed by atoms with Crippen LogP contribution in [0.25, 0.3) is 11.1 Å². The van der Waals surface area contributed by atoms with Gasteiger partial charge in [-0.15, -0.1) is 0 Å². The van der Waals surface area contributed by atoms with E-state index in [1.54, 1.807) is 0 Å². The normalized spacial score (nSPS) is 18.7. The number of alkyl carbamates (subject to hydrolysis) is 1. The molecule has 1 fully saturated rings. The molecule has 0 aromatic heterocycles. The first-order valence-electron chi connectivity index (χ1n) is 11.7. The standard InChI is InChI=1S/C26H30N2O6/c29-23(30)11-5-6-13-27-25(31)24-17(12-14-33-24)15-28-26(32)34-16-22-20-9-3-1-7-18(20)19-8-2-4-10-21(19)22/h1-4,7-10,17,22,24H,5-6,11-16H2,(H,27,31)(H,28,32)(H,29,30)/t17-,24-/m0/s1. The number of carboxylic acids is 1. The highest BCUT2D eigenvalue weighted by atomic mass is 16.5. The fourth-order valence-electron chi connectivity index (χ4n) is 4.71. The van der Waals surface area contributed by atoms with Crippen molar-refractivity contribution in [2.75, 3.05) is 26.3 Å². The number of nitrogens with one attached hydrogen (secondary N) is 2. The quantitative estimate of drug-likeness (QED) is 0.463. The lowest BCUT2D eigenvalue weighted by atomic mass is 9.98. The van der Waals surface area contributed by atoms with Gasteiger partial charge in [-0.05, 0) is 41.5 Å². The van der Waals surface area contributed by atoms with Crippen LogP contribution in [0.1, 0.15) is 42.7 Å². The second-order valence-corrected chi connectivity index (χ2v) is 8.69. The Morgan fingerprint density at radius 1 is 0.971 bits per heavy atom.